The lowest BCUT2D eigenvalue weighted by molar-refractivity contribution is -0.135. The van der Waals surface area contributed by atoms with E-state index in [1.807, 2.05) is 24.3 Å². The smallest absolute Gasteiger partial charge is 0.323 e. The van der Waals surface area contributed by atoms with Crippen LogP contribution in [0.1, 0.15) is 0 Å². The molecule has 0 bridgehead atoms. The summed E-state index contributed by atoms with van der Waals surface area (Å²) in [5.41, 5.74) is 1.90. The minimum absolute atomic E-state index is 0.127. The first-order valence-electron chi connectivity index (χ1n) is 5.57. The Balaban J connectivity index is 2.18. The summed E-state index contributed by atoms with van der Waals surface area (Å²) in [6.07, 6.45) is 3.37. The Bertz CT molecular complexity index is 569. The molecule has 19 heavy (non-hydrogen) atoms. The fraction of sp³-hybridized carbons (Fsp3) is 0.154. The first-order chi connectivity index (χ1) is 9.06. The van der Waals surface area contributed by atoms with Crippen LogP contribution in [0.2, 0.25) is 0 Å². The number of aromatic nitrogens is 2. The van der Waals surface area contributed by atoms with Crippen molar-refractivity contribution in [2.45, 2.75) is 0 Å². The zero-order chi connectivity index (χ0) is 13.8. The van der Waals surface area contributed by atoms with Crippen LogP contribution in [-0.2, 0) is 4.79 Å². The Hall–Kier alpha value is -1.95. The van der Waals surface area contributed by atoms with E-state index in [1.54, 1.807) is 19.4 Å². The second kappa shape index (κ2) is 5.79. The van der Waals surface area contributed by atoms with Crippen LogP contribution in [-0.4, -0.2) is 34.6 Å². The maximum absolute atomic E-state index is 10.6. The monoisotopic (exact) mass is 321 g/mol. The molecule has 0 atom stereocenters. The maximum Gasteiger partial charge on any atom is 0.323 e. The van der Waals surface area contributed by atoms with Crippen molar-refractivity contribution in [1.82, 2.24) is 9.97 Å². The third-order valence-corrected chi connectivity index (χ3v) is 3.06. The molecule has 2 aromatic rings. The van der Waals surface area contributed by atoms with Gasteiger partial charge in [-0.15, -0.1) is 0 Å². The molecule has 1 N–H and O–H groups in total. The van der Waals surface area contributed by atoms with Gasteiger partial charge in [0.25, 0.3) is 0 Å². The van der Waals surface area contributed by atoms with Gasteiger partial charge >= 0.3 is 5.97 Å². The normalized spacial score (nSPS) is 10.2. The third-order valence-electron chi connectivity index (χ3n) is 2.53. The van der Waals surface area contributed by atoms with Crippen molar-refractivity contribution in [3.63, 3.8) is 0 Å². The number of hydrogen-bond acceptors (Lipinski definition) is 4. The fourth-order valence-electron chi connectivity index (χ4n) is 1.58. The average molecular weight is 322 g/mol. The molecule has 6 heteroatoms. The summed E-state index contributed by atoms with van der Waals surface area (Å²) in [5, 5.41) is 8.70. The van der Waals surface area contributed by atoms with E-state index >= 15 is 0 Å². The van der Waals surface area contributed by atoms with Gasteiger partial charge in [0, 0.05) is 29.5 Å². The predicted molar refractivity (Wildman–Crippen MR) is 76.1 cm³/mol. The molecule has 0 spiro atoms. The standard InChI is InChI=1S/C13H12BrN3O2/c1-17(8-12(18)19)13-15-6-10(7-16-13)9-2-4-11(14)5-3-9/h2-7H,8H2,1H3,(H,18,19). The summed E-state index contributed by atoms with van der Waals surface area (Å²) in [4.78, 5) is 20.4. The van der Waals surface area contributed by atoms with Crippen molar-refractivity contribution in [3.8, 4) is 11.1 Å². The zero-order valence-electron chi connectivity index (χ0n) is 10.2. The molecule has 0 unspecified atom stereocenters. The van der Waals surface area contributed by atoms with E-state index in [1.165, 1.54) is 4.90 Å². The van der Waals surface area contributed by atoms with E-state index in [0.29, 0.717) is 5.95 Å². The van der Waals surface area contributed by atoms with Crippen molar-refractivity contribution < 1.29 is 9.90 Å². The quantitative estimate of drug-likeness (QED) is 0.936. The molecule has 0 saturated carbocycles. The zero-order valence-corrected chi connectivity index (χ0v) is 11.8. The van der Waals surface area contributed by atoms with Gasteiger partial charge in [-0.1, -0.05) is 28.1 Å². The molecule has 2 rings (SSSR count). The number of carboxylic acid groups (broad SMARTS) is 1. The number of rotatable bonds is 4. The summed E-state index contributed by atoms with van der Waals surface area (Å²) in [6.45, 7) is -0.127. The minimum Gasteiger partial charge on any atom is -0.480 e. The lowest BCUT2D eigenvalue weighted by Gasteiger charge is -2.14. The summed E-state index contributed by atoms with van der Waals surface area (Å²) >= 11 is 3.38. The Morgan fingerprint density at radius 1 is 1.21 bits per heavy atom. The molecule has 1 aromatic heterocycles. The lowest BCUT2D eigenvalue weighted by atomic mass is 10.1. The van der Waals surface area contributed by atoms with E-state index in [0.717, 1.165) is 15.6 Å². The number of aliphatic carboxylic acids is 1. The SMILES string of the molecule is CN(CC(=O)O)c1ncc(-c2ccc(Br)cc2)cn1. The first kappa shape index (κ1) is 13.5. The molecule has 0 aliphatic carbocycles. The average Bonchev–Trinajstić information content (AvgIpc) is 2.39. The van der Waals surface area contributed by atoms with Gasteiger partial charge in [0.15, 0.2) is 0 Å². The number of hydrogen-bond donors (Lipinski definition) is 1. The van der Waals surface area contributed by atoms with Crippen molar-refractivity contribution in [3.05, 3.63) is 41.1 Å². The second-order valence-electron chi connectivity index (χ2n) is 4.03. The van der Waals surface area contributed by atoms with E-state index in [9.17, 15) is 4.79 Å². The maximum atomic E-state index is 10.6. The Kier molecular flexibility index (Phi) is 4.11. The van der Waals surface area contributed by atoms with E-state index in [2.05, 4.69) is 25.9 Å². The van der Waals surface area contributed by atoms with Crippen LogP contribution in [0, 0.1) is 0 Å². The molecule has 0 fully saturated rings. The molecular formula is C13H12BrN3O2. The topological polar surface area (TPSA) is 66.3 Å². The number of carboxylic acids is 1. The highest BCUT2D eigenvalue weighted by Crippen LogP contribution is 2.21. The van der Waals surface area contributed by atoms with Gasteiger partial charge in [0.05, 0.1) is 0 Å². The largest absolute Gasteiger partial charge is 0.480 e. The van der Waals surface area contributed by atoms with Crippen LogP contribution >= 0.6 is 15.9 Å². The summed E-state index contributed by atoms with van der Waals surface area (Å²) < 4.78 is 1.01. The van der Waals surface area contributed by atoms with Crippen LogP contribution in [0.5, 0.6) is 0 Å². The Morgan fingerprint density at radius 3 is 2.32 bits per heavy atom. The number of anilines is 1. The number of nitrogens with zero attached hydrogens (tertiary/aromatic N) is 3. The van der Waals surface area contributed by atoms with E-state index in [-0.39, 0.29) is 6.54 Å². The summed E-state index contributed by atoms with van der Waals surface area (Å²) in [7, 11) is 1.64. The second-order valence-corrected chi connectivity index (χ2v) is 4.94. The summed E-state index contributed by atoms with van der Waals surface area (Å²) in [5.74, 6) is -0.522. The minimum atomic E-state index is -0.914. The summed E-state index contributed by atoms with van der Waals surface area (Å²) in [6, 6.07) is 7.81. The molecule has 0 aliphatic rings. The van der Waals surface area contributed by atoms with Gasteiger partial charge in [-0.25, -0.2) is 9.97 Å². The molecule has 1 aromatic carbocycles. The van der Waals surface area contributed by atoms with Gasteiger partial charge in [-0.2, -0.15) is 0 Å². The van der Waals surface area contributed by atoms with E-state index < -0.39 is 5.97 Å². The van der Waals surface area contributed by atoms with Gasteiger partial charge in [-0.05, 0) is 17.7 Å². The number of carbonyl (C=O) groups is 1. The molecule has 0 amide bonds. The highest BCUT2D eigenvalue weighted by atomic mass is 79.9. The Labute approximate surface area is 119 Å². The fourth-order valence-corrected chi connectivity index (χ4v) is 1.85. The number of likely N-dealkylation sites (N-methyl/N-ethyl adjacent to an activating group) is 1. The van der Waals surface area contributed by atoms with E-state index in [4.69, 9.17) is 5.11 Å². The van der Waals surface area contributed by atoms with Crippen molar-refractivity contribution in [1.29, 1.82) is 0 Å². The number of halogens is 1. The number of benzene rings is 1. The predicted octanol–water partition coefficient (Wildman–Crippen LogP) is 2.43. The third kappa shape index (κ3) is 3.51. The molecule has 5 nitrogen and oxygen atoms in total. The van der Waals surface area contributed by atoms with Crippen LogP contribution in [0.25, 0.3) is 11.1 Å². The van der Waals surface area contributed by atoms with Gasteiger partial charge in [-0.3, -0.25) is 4.79 Å². The van der Waals surface area contributed by atoms with Crippen molar-refractivity contribution >= 4 is 27.8 Å². The van der Waals surface area contributed by atoms with Gasteiger partial charge in [0.1, 0.15) is 6.54 Å². The highest BCUT2D eigenvalue weighted by Gasteiger charge is 2.08. The van der Waals surface area contributed by atoms with Crippen LogP contribution < -0.4 is 4.90 Å². The van der Waals surface area contributed by atoms with Crippen molar-refractivity contribution in [2.75, 3.05) is 18.5 Å². The lowest BCUT2D eigenvalue weighted by Crippen LogP contribution is -2.26. The molecule has 98 valence electrons. The molecular weight excluding hydrogens is 310 g/mol. The highest BCUT2D eigenvalue weighted by molar-refractivity contribution is 9.10. The Morgan fingerprint density at radius 2 is 1.79 bits per heavy atom. The first-order valence-corrected chi connectivity index (χ1v) is 6.36. The molecule has 0 saturated heterocycles. The van der Waals surface area contributed by atoms with Crippen LogP contribution in [0.4, 0.5) is 5.95 Å². The van der Waals surface area contributed by atoms with Gasteiger partial charge < -0.3 is 10.0 Å². The van der Waals surface area contributed by atoms with Gasteiger partial charge in [0.2, 0.25) is 5.95 Å². The van der Waals surface area contributed by atoms with Crippen molar-refractivity contribution in [2.24, 2.45) is 0 Å². The van der Waals surface area contributed by atoms with Crippen LogP contribution in [0.3, 0.4) is 0 Å². The molecule has 1 heterocycles. The molecule has 0 radical (unpaired) electrons. The van der Waals surface area contributed by atoms with Crippen LogP contribution in [0.15, 0.2) is 41.1 Å². The molecule has 0 aliphatic heterocycles.